The number of aliphatic hydroxyl groups is 2. The second-order valence-electron chi connectivity index (χ2n) is 6.18. The van der Waals surface area contributed by atoms with Crippen molar-refractivity contribution < 1.29 is 15.0 Å². The maximum atomic E-state index is 12.4. The summed E-state index contributed by atoms with van der Waals surface area (Å²) < 4.78 is 0. The molecule has 1 aromatic carbocycles. The van der Waals surface area contributed by atoms with Crippen LogP contribution < -0.4 is 15.5 Å². The molecule has 0 fully saturated rings. The Morgan fingerprint density at radius 1 is 1.30 bits per heavy atom. The third kappa shape index (κ3) is 6.35. The second-order valence-corrected chi connectivity index (χ2v) is 6.62. The summed E-state index contributed by atoms with van der Waals surface area (Å²) in [5, 5.41) is 25.0. The highest BCUT2D eigenvalue weighted by Gasteiger charge is 2.16. The number of nitrogens with zero attached hydrogens (tertiary/aromatic N) is 3. The van der Waals surface area contributed by atoms with Gasteiger partial charge in [0.05, 0.1) is 25.8 Å². The first-order chi connectivity index (χ1) is 12.9. The molecular weight excluding hydrogens is 370 g/mol. The molecule has 0 aliphatic carbocycles. The maximum absolute atomic E-state index is 12.4. The zero-order chi connectivity index (χ0) is 19.8. The van der Waals surface area contributed by atoms with Crippen molar-refractivity contribution in [2.24, 2.45) is 0 Å². The van der Waals surface area contributed by atoms with Crippen molar-refractivity contribution in [3.8, 4) is 0 Å². The number of benzene rings is 1. The van der Waals surface area contributed by atoms with E-state index >= 15 is 0 Å². The van der Waals surface area contributed by atoms with E-state index in [1.165, 1.54) is 0 Å². The van der Waals surface area contributed by atoms with Gasteiger partial charge in [0.1, 0.15) is 5.82 Å². The Kier molecular flexibility index (Phi) is 7.78. The average Bonchev–Trinajstić information content (AvgIpc) is 2.66. The van der Waals surface area contributed by atoms with Crippen LogP contribution in [-0.4, -0.2) is 58.9 Å². The summed E-state index contributed by atoms with van der Waals surface area (Å²) in [4.78, 5) is 22.5. The van der Waals surface area contributed by atoms with Crippen molar-refractivity contribution in [2.75, 3.05) is 37.0 Å². The zero-order valence-corrected chi connectivity index (χ0v) is 16.0. The Morgan fingerprint density at radius 2 is 2.07 bits per heavy atom. The Balaban J connectivity index is 1.99. The van der Waals surface area contributed by atoms with E-state index < -0.39 is 6.04 Å². The fraction of sp³-hybridized carbons (Fsp3) is 0.389. The van der Waals surface area contributed by atoms with Gasteiger partial charge >= 0.3 is 0 Å². The molecule has 0 radical (unpaired) electrons. The van der Waals surface area contributed by atoms with Gasteiger partial charge in [-0.15, -0.1) is 0 Å². The molecule has 0 spiro atoms. The predicted molar refractivity (Wildman–Crippen MR) is 105 cm³/mol. The van der Waals surface area contributed by atoms with Crippen LogP contribution in [0.3, 0.4) is 0 Å². The lowest BCUT2D eigenvalue weighted by atomic mass is 10.1. The molecule has 1 amide bonds. The third-order valence-electron chi connectivity index (χ3n) is 3.83. The third-order valence-corrected chi connectivity index (χ3v) is 4.07. The molecular formula is C18H24ClN5O3. The number of carbonyl (C=O) groups excluding carboxylic acids is 1. The van der Waals surface area contributed by atoms with E-state index in [2.05, 4.69) is 20.6 Å². The molecule has 0 aliphatic rings. The molecule has 0 saturated carbocycles. The van der Waals surface area contributed by atoms with E-state index in [0.717, 1.165) is 5.56 Å². The summed E-state index contributed by atoms with van der Waals surface area (Å²) in [6, 6.07) is 7.95. The van der Waals surface area contributed by atoms with Crippen molar-refractivity contribution >= 4 is 29.3 Å². The summed E-state index contributed by atoms with van der Waals surface area (Å²) >= 11 is 5.97. The highest BCUT2D eigenvalue weighted by Crippen LogP contribution is 2.18. The minimum Gasteiger partial charge on any atom is -0.394 e. The molecule has 146 valence electrons. The Hall–Kier alpha value is -2.42. The molecule has 1 aromatic heterocycles. The second kappa shape index (κ2) is 10.1. The van der Waals surface area contributed by atoms with E-state index in [0.29, 0.717) is 16.8 Å². The molecule has 4 N–H and O–H groups in total. The van der Waals surface area contributed by atoms with E-state index in [4.69, 9.17) is 16.7 Å². The summed E-state index contributed by atoms with van der Waals surface area (Å²) in [6.45, 7) is 1.56. The topological polar surface area (TPSA) is 111 Å². The fourth-order valence-electron chi connectivity index (χ4n) is 2.39. The van der Waals surface area contributed by atoms with Gasteiger partial charge in [-0.25, -0.2) is 4.98 Å². The first kappa shape index (κ1) is 20.9. The number of aliphatic hydroxyl groups excluding tert-OH is 2. The quantitative estimate of drug-likeness (QED) is 0.506. The van der Waals surface area contributed by atoms with Crippen molar-refractivity contribution in [3.63, 3.8) is 0 Å². The summed E-state index contributed by atoms with van der Waals surface area (Å²) in [5.74, 6) is 0.651. The van der Waals surface area contributed by atoms with Gasteiger partial charge in [0.25, 0.3) is 0 Å². The predicted octanol–water partition coefficient (Wildman–Crippen LogP) is 1.21. The van der Waals surface area contributed by atoms with E-state index in [1.807, 2.05) is 0 Å². The number of rotatable bonds is 9. The smallest absolute Gasteiger partial charge is 0.240 e. The molecule has 2 rings (SSSR count). The zero-order valence-electron chi connectivity index (χ0n) is 15.3. The van der Waals surface area contributed by atoms with E-state index in [1.54, 1.807) is 55.4 Å². The lowest BCUT2D eigenvalue weighted by Crippen LogP contribution is -2.38. The minimum atomic E-state index is -0.544. The van der Waals surface area contributed by atoms with Crippen LogP contribution in [0, 0.1) is 0 Å². The van der Waals surface area contributed by atoms with Crippen LogP contribution in [0.15, 0.2) is 36.5 Å². The number of halogens is 1. The average molecular weight is 394 g/mol. The normalized spacial score (nSPS) is 12.9. The number of aromatic nitrogens is 2. The SMILES string of the molecule is C[C@@H](CO)Nc1nccc(N(C)CC(=O)N[C@H](CO)c2cccc(Cl)c2)n1. The molecule has 9 heteroatoms. The molecule has 0 bridgehead atoms. The number of hydrogen-bond donors (Lipinski definition) is 4. The van der Waals surface area contributed by atoms with Crippen molar-refractivity contribution in [3.05, 3.63) is 47.1 Å². The standard InChI is InChI=1S/C18H24ClN5O3/c1-12(10-25)21-18-20-7-6-16(23-18)24(2)9-17(27)22-15(11-26)13-4-3-5-14(19)8-13/h3-8,12,15,25-26H,9-11H2,1-2H3,(H,22,27)(H,20,21,23)/t12-,15+/m0/s1. The van der Waals surface area contributed by atoms with Gasteiger partial charge < -0.3 is 25.7 Å². The van der Waals surface area contributed by atoms with Gasteiger partial charge in [0.15, 0.2) is 0 Å². The van der Waals surface area contributed by atoms with Crippen LogP contribution in [-0.2, 0) is 4.79 Å². The van der Waals surface area contributed by atoms with Gasteiger partial charge in [-0.3, -0.25) is 4.79 Å². The Morgan fingerprint density at radius 3 is 2.74 bits per heavy atom. The van der Waals surface area contributed by atoms with Crippen LogP contribution in [0.5, 0.6) is 0 Å². The van der Waals surface area contributed by atoms with Gasteiger partial charge in [-0.05, 0) is 30.7 Å². The number of anilines is 2. The molecule has 0 saturated heterocycles. The van der Waals surface area contributed by atoms with Gasteiger partial charge in [0, 0.05) is 24.3 Å². The lowest BCUT2D eigenvalue weighted by Gasteiger charge is -2.22. The van der Waals surface area contributed by atoms with Gasteiger partial charge in [0.2, 0.25) is 11.9 Å². The molecule has 1 heterocycles. The highest BCUT2D eigenvalue weighted by atomic mass is 35.5. The maximum Gasteiger partial charge on any atom is 0.240 e. The molecule has 8 nitrogen and oxygen atoms in total. The van der Waals surface area contributed by atoms with Crippen molar-refractivity contribution in [1.29, 1.82) is 0 Å². The molecule has 0 aliphatic heterocycles. The highest BCUT2D eigenvalue weighted by molar-refractivity contribution is 6.30. The number of carbonyl (C=O) groups is 1. The van der Waals surface area contributed by atoms with E-state index in [-0.39, 0.29) is 31.7 Å². The number of hydrogen-bond acceptors (Lipinski definition) is 7. The lowest BCUT2D eigenvalue weighted by molar-refractivity contribution is -0.120. The summed E-state index contributed by atoms with van der Waals surface area (Å²) in [6.07, 6.45) is 1.58. The summed E-state index contributed by atoms with van der Waals surface area (Å²) in [7, 11) is 1.73. The van der Waals surface area contributed by atoms with Gasteiger partial charge in [-0.1, -0.05) is 23.7 Å². The number of nitrogens with one attached hydrogen (secondary N) is 2. The first-order valence-corrected chi connectivity index (χ1v) is 8.88. The molecule has 2 aromatic rings. The fourth-order valence-corrected chi connectivity index (χ4v) is 2.59. The molecule has 27 heavy (non-hydrogen) atoms. The minimum absolute atomic E-state index is 0.0438. The number of likely N-dealkylation sites (N-methyl/N-ethyl adjacent to an activating group) is 1. The van der Waals surface area contributed by atoms with Crippen LogP contribution in [0.4, 0.5) is 11.8 Å². The van der Waals surface area contributed by atoms with Crippen LogP contribution in [0.2, 0.25) is 5.02 Å². The monoisotopic (exact) mass is 393 g/mol. The molecule has 2 atom stereocenters. The van der Waals surface area contributed by atoms with Crippen LogP contribution in [0.25, 0.3) is 0 Å². The van der Waals surface area contributed by atoms with Gasteiger partial charge in [-0.2, -0.15) is 4.98 Å². The van der Waals surface area contributed by atoms with Crippen molar-refractivity contribution in [2.45, 2.75) is 19.0 Å². The van der Waals surface area contributed by atoms with Crippen LogP contribution in [0.1, 0.15) is 18.5 Å². The summed E-state index contributed by atoms with van der Waals surface area (Å²) in [5.41, 5.74) is 0.729. The van der Waals surface area contributed by atoms with E-state index in [9.17, 15) is 9.90 Å². The Labute approximate surface area is 163 Å². The Bertz CT molecular complexity index is 761. The molecule has 0 unspecified atom stereocenters. The largest absolute Gasteiger partial charge is 0.394 e. The number of amides is 1. The first-order valence-electron chi connectivity index (χ1n) is 8.50. The van der Waals surface area contributed by atoms with Crippen LogP contribution >= 0.6 is 11.6 Å². The van der Waals surface area contributed by atoms with Crippen molar-refractivity contribution in [1.82, 2.24) is 15.3 Å².